The molecular formula is C20H15F4N3O6S2. The van der Waals surface area contributed by atoms with E-state index in [1.165, 1.54) is 6.07 Å². The molecule has 0 radical (unpaired) electrons. The lowest BCUT2D eigenvalue weighted by Gasteiger charge is -2.29. The number of rotatable bonds is 5. The number of urea groups is 1. The summed E-state index contributed by atoms with van der Waals surface area (Å²) in [6.45, 7) is 0.837. The van der Waals surface area contributed by atoms with Gasteiger partial charge in [-0.2, -0.15) is 18.4 Å². The number of benzene rings is 2. The Morgan fingerprint density at radius 1 is 1.03 bits per heavy atom. The van der Waals surface area contributed by atoms with Gasteiger partial charge < -0.3 is 0 Å². The summed E-state index contributed by atoms with van der Waals surface area (Å²) >= 11 is 0. The smallest absolute Gasteiger partial charge is 0.271 e. The summed E-state index contributed by atoms with van der Waals surface area (Å²) in [4.78, 5) is 26.0. The van der Waals surface area contributed by atoms with E-state index in [1.807, 2.05) is 0 Å². The number of nitrogens with zero attached hydrogens (tertiary/aromatic N) is 3. The minimum Gasteiger partial charge on any atom is -0.271 e. The fourth-order valence-electron chi connectivity index (χ4n) is 3.67. The molecular weight excluding hydrogens is 518 g/mol. The van der Waals surface area contributed by atoms with E-state index in [2.05, 4.69) is 0 Å². The highest BCUT2D eigenvalue weighted by Gasteiger charge is 2.60. The Morgan fingerprint density at radius 3 is 2.09 bits per heavy atom. The van der Waals surface area contributed by atoms with E-state index in [0.717, 1.165) is 37.3 Å². The second-order valence-electron chi connectivity index (χ2n) is 7.78. The zero-order valence-electron chi connectivity index (χ0n) is 17.9. The number of hydrogen-bond donors (Lipinski definition) is 0. The van der Waals surface area contributed by atoms with Gasteiger partial charge in [-0.05, 0) is 49.4 Å². The van der Waals surface area contributed by atoms with Crippen molar-refractivity contribution in [3.05, 3.63) is 59.4 Å². The summed E-state index contributed by atoms with van der Waals surface area (Å²) in [6.07, 6.45) is -4.54. The van der Waals surface area contributed by atoms with E-state index in [9.17, 15) is 44.0 Å². The highest BCUT2D eigenvalue weighted by atomic mass is 32.2. The number of sulfonamides is 1. The van der Waals surface area contributed by atoms with Crippen molar-refractivity contribution >= 4 is 37.5 Å². The molecule has 35 heavy (non-hydrogen) atoms. The third-order valence-electron chi connectivity index (χ3n) is 5.14. The Kier molecular flexibility index (Phi) is 6.20. The third kappa shape index (κ3) is 4.58. The maximum absolute atomic E-state index is 13.4. The standard InChI is InChI=1S/C20H15F4N3O6S2/c1-19(11-35(32,33)15-7-4-13(21)5-8-15)17(28)26(18(29)27(19)34(2,30)31)14-6-3-12(10-25)16(9-14)20(22,23)24/h3-9H,11H2,1-2H3/t19-/m1/s1. The highest BCUT2D eigenvalue weighted by Crippen LogP contribution is 2.39. The summed E-state index contributed by atoms with van der Waals surface area (Å²) in [5, 5.41) is 8.95. The van der Waals surface area contributed by atoms with Gasteiger partial charge >= 0.3 is 12.2 Å². The van der Waals surface area contributed by atoms with Gasteiger partial charge in [-0.1, -0.05) is 0 Å². The lowest BCUT2D eigenvalue weighted by atomic mass is 10.0. The summed E-state index contributed by atoms with van der Waals surface area (Å²) in [5.41, 5.74) is -5.62. The van der Waals surface area contributed by atoms with Crippen LogP contribution in [0.2, 0.25) is 0 Å². The maximum atomic E-state index is 13.4. The van der Waals surface area contributed by atoms with Gasteiger partial charge in [0.15, 0.2) is 15.4 Å². The molecule has 1 heterocycles. The number of imide groups is 1. The lowest BCUT2D eigenvalue weighted by Crippen LogP contribution is -2.54. The molecule has 0 saturated carbocycles. The molecule has 2 aromatic rings. The molecule has 1 fully saturated rings. The fraction of sp³-hybridized carbons (Fsp3) is 0.250. The van der Waals surface area contributed by atoms with Crippen molar-refractivity contribution < 1.29 is 44.0 Å². The van der Waals surface area contributed by atoms with Crippen molar-refractivity contribution in [2.75, 3.05) is 16.9 Å². The molecule has 0 spiro atoms. The van der Waals surface area contributed by atoms with E-state index in [4.69, 9.17) is 5.26 Å². The maximum Gasteiger partial charge on any atom is 0.417 e. The van der Waals surface area contributed by atoms with Gasteiger partial charge in [0.25, 0.3) is 5.91 Å². The van der Waals surface area contributed by atoms with Crippen molar-refractivity contribution in [1.29, 1.82) is 5.26 Å². The van der Waals surface area contributed by atoms with Crippen LogP contribution in [0.4, 0.5) is 28.0 Å². The molecule has 1 atom stereocenters. The van der Waals surface area contributed by atoms with Crippen molar-refractivity contribution in [3.63, 3.8) is 0 Å². The number of sulfone groups is 1. The monoisotopic (exact) mass is 533 g/mol. The van der Waals surface area contributed by atoms with E-state index < -0.39 is 76.8 Å². The predicted octanol–water partition coefficient (Wildman–Crippen LogP) is 2.68. The van der Waals surface area contributed by atoms with Gasteiger partial charge in [0.05, 0.1) is 39.8 Å². The Labute approximate surface area is 197 Å². The second-order valence-corrected chi connectivity index (χ2v) is 11.6. The second kappa shape index (κ2) is 8.31. The average Bonchev–Trinajstić information content (AvgIpc) is 2.91. The number of alkyl halides is 3. The highest BCUT2D eigenvalue weighted by molar-refractivity contribution is 7.92. The summed E-state index contributed by atoms with van der Waals surface area (Å²) in [5.74, 6) is -3.48. The molecule has 0 bridgehead atoms. The Hall–Kier alpha value is -3.51. The molecule has 0 N–H and O–H groups in total. The van der Waals surface area contributed by atoms with Gasteiger partial charge in [-0.15, -0.1) is 0 Å². The molecule has 3 amide bonds. The van der Waals surface area contributed by atoms with E-state index in [1.54, 1.807) is 0 Å². The predicted molar refractivity (Wildman–Crippen MR) is 113 cm³/mol. The van der Waals surface area contributed by atoms with E-state index >= 15 is 0 Å². The number of carbonyl (C=O) groups is 2. The lowest BCUT2D eigenvalue weighted by molar-refractivity contribution is -0.137. The van der Waals surface area contributed by atoms with Crippen LogP contribution in [-0.4, -0.2) is 50.6 Å². The average molecular weight is 533 g/mol. The van der Waals surface area contributed by atoms with Crippen LogP contribution in [0.1, 0.15) is 18.1 Å². The van der Waals surface area contributed by atoms with Crippen LogP contribution in [0.5, 0.6) is 0 Å². The van der Waals surface area contributed by atoms with Crippen molar-refractivity contribution in [1.82, 2.24) is 4.31 Å². The zero-order valence-corrected chi connectivity index (χ0v) is 19.5. The van der Waals surface area contributed by atoms with E-state index in [-0.39, 0.29) is 9.21 Å². The van der Waals surface area contributed by atoms with Gasteiger partial charge in [-0.25, -0.2) is 35.2 Å². The molecule has 9 nitrogen and oxygen atoms in total. The summed E-state index contributed by atoms with van der Waals surface area (Å²) in [6, 6.07) is 4.91. The number of hydrogen-bond acceptors (Lipinski definition) is 7. The normalized spacial score (nSPS) is 19.2. The van der Waals surface area contributed by atoms with Crippen LogP contribution in [0, 0.1) is 17.1 Å². The topological polar surface area (TPSA) is 133 Å². The van der Waals surface area contributed by atoms with Crippen LogP contribution in [0.25, 0.3) is 0 Å². The minimum absolute atomic E-state index is 0.0190. The first-order valence-corrected chi connectivity index (χ1v) is 12.9. The van der Waals surface area contributed by atoms with Gasteiger partial charge in [0.1, 0.15) is 5.82 Å². The van der Waals surface area contributed by atoms with E-state index in [0.29, 0.717) is 18.4 Å². The molecule has 0 aliphatic carbocycles. The molecule has 1 aliphatic rings. The minimum atomic E-state index is -5.06. The Morgan fingerprint density at radius 2 is 1.60 bits per heavy atom. The fourth-order valence-corrected chi connectivity index (χ4v) is 6.70. The molecule has 0 aromatic heterocycles. The van der Waals surface area contributed by atoms with Gasteiger partial charge in [-0.3, -0.25) is 4.79 Å². The first-order valence-electron chi connectivity index (χ1n) is 9.42. The first kappa shape index (κ1) is 26.1. The van der Waals surface area contributed by atoms with Crippen molar-refractivity contribution in [2.45, 2.75) is 23.5 Å². The molecule has 15 heteroatoms. The molecule has 1 saturated heterocycles. The molecule has 186 valence electrons. The number of carbonyl (C=O) groups excluding carboxylic acids is 2. The van der Waals surface area contributed by atoms with Crippen LogP contribution in [0.15, 0.2) is 47.4 Å². The van der Waals surface area contributed by atoms with Crippen molar-refractivity contribution in [3.8, 4) is 6.07 Å². The van der Waals surface area contributed by atoms with Crippen LogP contribution >= 0.6 is 0 Å². The first-order chi connectivity index (χ1) is 15.9. The molecule has 1 aliphatic heterocycles. The van der Waals surface area contributed by atoms with Crippen LogP contribution in [0.3, 0.4) is 0 Å². The number of amides is 3. The quantitative estimate of drug-likeness (QED) is 0.328. The third-order valence-corrected chi connectivity index (χ3v) is 8.29. The SMILES string of the molecule is C[C@@]1(CS(=O)(=O)c2ccc(F)cc2)C(=O)N(c2ccc(C#N)c(C(F)(F)F)c2)C(=O)N1S(C)(=O)=O. The van der Waals surface area contributed by atoms with Gasteiger partial charge in [0.2, 0.25) is 10.0 Å². The largest absolute Gasteiger partial charge is 0.417 e. The summed E-state index contributed by atoms with van der Waals surface area (Å²) < 4.78 is 104. The van der Waals surface area contributed by atoms with Gasteiger partial charge in [0, 0.05) is 0 Å². The Bertz CT molecular complexity index is 1480. The van der Waals surface area contributed by atoms with Crippen LogP contribution in [-0.2, 0) is 30.8 Å². The summed E-state index contributed by atoms with van der Waals surface area (Å²) in [7, 11) is -9.14. The Balaban J connectivity index is 2.18. The van der Waals surface area contributed by atoms with Crippen LogP contribution < -0.4 is 4.90 Å². The number of halogens is 4. The number of anilines is 1. The molecule has 0 unspecified atom stereocenters. The molecule has 2 aromatic carbocycles. The number of nitriles is 1. The molecule has 3 rings (SSSR count). The zero-order chi connectivity index (χ0) is 26.6. The van der Waals surface area contributed by atoms with Crippen molar-refractivity contribution in [2.24, 2.45) is 0 Å².